The number of hydrogen-bond acceptors (Lipinski definition) is 7. The molecule has 0 aromatic carbocycles. The highest BCUT2D eigenvalue weighted by Gasteiger charge is 2.33. The molecule has 0 saturated heterocycles. The first-order chi connectivity index (χ1) is 12.8. The standard InChI is InChI=1S/C16H13F3N4O2S2/c1-6-5-7(16(17,18)19)21-14-8(6)9-11(26-14)10-12(13(24)22-9)27-15(23-10)20-3-4-25-2/h5H,3-4H2,1-2H3,(H,20,23)(H,22,24). The summed E-state index contributed by atoms with van der Waals surface area (Å²) in [5, 5.41) is 4.14. The average molecular weight is 414 g/mol. The van der Waals surface area contributed by atoms with E-state index in [9.17, 15) is 18.0 Å². The molecule has 4 aromatic heterocycles. The molecule has 4 rings (SSSR count). The quantitative estimate of drug-likeness (QED) is 0.491. The number of ether oxygens (including phenoxy) is 1. The fourth-order valence-corrected chi connectivity index (χ4v) is 5.01. The van der Waals surface area contributed by atoms with Crippen LogP contribution in [0.1, 0.15) is 11.3 Å². The van der Waals surface area contributed by atoms with Crippen molar-refractivity contribution in [2.75, 3.05) is 25.6 Å². The van der Waals surface area contributed by atoms with Gasteiger partial charge in [0.1, 0.15) is 20.7 Å². The number of aryl methyl sites for hydroxylation is 1. The minimum atomic E-state index is -4.53. The number of hydrogen-bond donors (Lipinski definition) is 2. The number of thiazole rings is 1. The number of aromatic amines is 1. The number of aromatic nitrogens is 3. The second-order valence-corrected chi connectivity index (χ2v) is 7.88. The number of thiophene rings is 1. The van der Waals surface area contributed by atoms with E-state index in [4.69, 9.17) is 4.74 Å². The summed E-state index contributed by atoms with van der Waals surface area (Å²) < 4.78 is 45.2. The van der Waals surface area contributed by atoms with E-state index in [-0.39, 0.29) is 10.4 Å². The zero-order chi connectivity index (χ0) is 19.3. The van der Waals surface area contributed by atoms with Crippen molar-refractivity contribution in [3.63, 3.8) is 0 Å². The maximum absolute atomic E-state index is 13.1. The molecule has 0 saturated carbocycles. The normalized spacial score (nSPS) is 12.5. The van der Waals surface area contributed by atoms with Gasteiger partial charge in [-0.2, -0.15) is 13.2 Å². The van der Waals surface area contributed by atoms with Gasteiger partial charge in [-0.1, -0.05) is 11.3 Å². The van der Waals surface area contributed by atoms with Crippen LogP contribution in [0.4, 0.5) is 18.3 Å². The fraction of sp³-hybridized carbons (Fsp3) is 0.312. The third-order valence-corrected chi connectivity index (χ3v) is 6.12. The van der Waals surface area contributed by atoms with Gasteiger partial charge in [0.15, 0.2) is 5.13 Å². The van der Waals surface area contributed by atoms with Gasteiger partial charge in [0, 0.05) is 19.0 Å². The molecule has 0 radical (unpaired) electrons. The highest BCUT2D eigenvalue weighted by atomic mass is 32.1. The van der Waals surface area contributed by atoms with Crippen LogP contribution in [0.3, 0.4) is 0 Å². The van der Waals surface area contributed by atoms with Crippen LogP contribution in [-0.2, 0) is 10.9 Å². The Bertz CT molecular complexity index is 1230. The number of nitrogens with zero attached hydrogens (tertiary/aromatic N) is 2. The summed E-state index contributed by atoms with van der Waals surface area (Å²) in [6.45, 7) is 2.58. The lowest BCUT2D eigenvalue weighted by Crippen LogP contribution is -2.08. The Morgan fingerprint density at radius 1 is 1.26 bits per heavy atom. The lowest BCUT2D eigenvalue weighted by Gasteiger charge is -2.06. The average Bonchev–Trinajstić information content (AvgIpc) is 3.16. The van der Waals surface area contributed by atoms with Crippen molar-refractivity contribution in [2.45, 2.75) is 13.1 Å². The smallest absolute Gasteiger partial charge is 0.383 e. The molecule has 142 valence electrons. The molecule has 0 amide bonds. The predicted octanol–water partition coefficient (Wildman–Crippen LogP) is 4.13. The maximum atomic E-state index is 13.1. The molecule has 0 bridgehead atoms. The molecule has 6 nitrogen and oxygen atoms in total. The van der Waals surface area contributed by atoms with Crippen LogP contribution in [-0.4, -0.2) is 35.2 Å². The van der Waals surface area contributed by atoms with Gasteiger partial charge in [-0.05, 0) is 18.6 Å². The number of alkyl halides is 3. The minimum Gasteiger partial charge on any atom is -0.383 e. The van der Waals surface area contributed by atoms with Gasteiger partial charge in [-0.25, -0.2) is 9.97 Å². The zero-order valence-electron chi connectivity index (χ0n) is 14.2. The Kier molecular flexibility index (Phi) is 4.32. The van der Waals surface area contributed by atoms with Gasteiger partial charge in [0.25, 0.3) is 5.56 Å². The Morgan fingerprint density at radius 3 is 2.74 bits per heavy atom. The molecular weight excluding hydrogens is 401 g/mol. The SMILES string of the molecule is COCCNc1nc2c(s1)c(=O)[nH]c1c2sc2nc(C(F)(F)F)cc(C)c21. The van der Waals surface area contributed by atoms with E-state index in [1.54, 1.807) is 14.0 Å². The molecule has 27 heavy (non-hydrogen) atoms. The van der Waals surface area contributed by atoms with E-state index in [2.05, 4.69) is 20.3 Å². The summed E-state index contributed by atoms with van der Waals surface area (Å²) >= 11 is 2.29. The first kappa shape index (κ1) is 18.1. The monoisotopic (exact) mass is 414 g/mol. The Morgan fingerprint density at radius 2 is 2.04 bits per heavy atom. The molecule has 11 heteroatoms. The lowest BCUT2D eigenvalue weighted by molar-refractivity contribution is -0.141. The molecule has 2 N–H and O–H groups in total. The molecule has 4 heterocycles. The maximum Gasteiger partial charge on any atom is 0.433 e. The van der Waals surface area contributed by atoms with Crippen LogP contribution < -0.4 is 10.9 Å². The van der Waals surface area contributed by atoms with E-state index in [1.807, 2.05) is 0 Å². The molecule has 0 spiro atoms. The summed E-state index contributed by atoms with van der Waals surface area (Å²) in [6, 6.07) is 0.996. The molecule has 0 fully saturated rings. The number of halogens is 3. The Hall–Kier alpha value is -2.24. The van der Waals surface area contributed by atoms with Crippen molar-refractivity contribution in [1.82, 2.24) is 15.0 Å². The topological polar surface area (TPSA) is 79.9 Å². The number of nitrogens with one attached hydrogen (secondary N) is 2. The molecule has 0 unspecified atom stereocenters. The van der Waals surface area contributed by atoms with E-state index in [1.165, 1.54) is 11.3 Å². The third kappa shape index (κ3) is 3.05. The highest BCUT2D eigenvalue weighted by molar-refractivity contribution is 7.27. The molecule has 0 aliphatic heterocycles. The molecule has 4 aromatic rings. The summed E-state index contributed by atoms with van der Waals surface area (Å²) in [6.07, 6.45) is -4.53. The minimum absolute atomic E-state index is 0.224. The van der Waals surface area contributed by atoms with E-state index in [0.717, 1.165) is 17.4 Å². The first-order valence-electron chi connectivity index (χ1n) is 7.86. The Labute approximate surface area is 158 Å². The number of anilines is 1. The highest BCUT2D eigenvalue weighted by Crippen LogP contribution is 2.40. The van der Waals surface area contributed by atoms with Crippen molar-refractivity contribution in [1.29, 1.82) is 0 Å². The van der Waals surface area contributed by atoms with Crippen molar-refractivity contribution >= 4 is 58.5 Å². The molecule has 0 atom stereocenters. The van der Waals surface area contributed by atoms with Crippen molar-refractivity contribution in [2.24, 2.45) is 0 Å². The van der Waals surface area contributed by atoms with E-state index in [0.29, 0.717) is 49.7 Å². The van der Waals surface area contributed by atoms with E-state index < -0.39 is 11.9 Å². The molecule has 0 aliphatic rings. The number of rotatable bonds is 4. The van der Waals surface area contributed by atoms with Crippen molar-refractivity contribution < 1.29 is 17.9 Å². The van der Waals surface area contributed by atoms with Crippen molar-refractivity contribution in [3.05, 3.63) is 27.7 Å². The van der Waals surface area contributed by atoms with Crippen LogP contribution in [0.25, 0.3) is 30.6 Å². The second-order valence-electron chi connectivity index (χ2n) is 5.88. The van der Waals surface area contributed by atoms with Crippen LogP contribution in [0.15, 0.2) is 10.9 Å². The summed E-state index contributed by atoms with van der Waals surface area (Å²) in [5.74, 6) is 0. The van der Waals surface area contributed by atoms with Gasteiger partial charge in [-0.15, -0.1) is 11.3 Å². The number of pyridine rings is 2. The molecule has 0 aliphatic carbocycles. The van der Waals surface area contributed by atoms with Crippen LogP contribution >= 0.6 is 22.7 Å². The summed E-state index contributed by atoms with van der Waals surface area (Å²) in [7, 11) is 1.58. The second kappa shape index (κ2) is 6.43. The largest absolute Gasteiger partial charge is 0.433 e. The molecular formula is C16H13F3N4O2S2. The van der Waals surface area contributed by atoms with Crippen LogP contribution in [0.2, 0.25) is 0 Å². The summed E-state index contributed by atoms with van der Waals surface area (Å²) in [5.41, 5.74) is 0.0727. The van der Waals surface area contributed by atoms with Gasteiger partial charge in [0.2, 0.25) is 0 Å². The third-order valence-electron chi connectivity index (χ3n) is 4.02. The first-order valence-corrected chi connectivity index (χ1v) is 9.49. The number of fused-ring (bicyclic) bond motifs is 5. The predicted molar refractivity (Wildman–Crippen MR) is 101 cm³/mol. The Balaban J connectivity index is 1.97. The van der Waals surface area contributed by atoms with Crippen molar-refractivity contribution in [3.8, 4) is 0 Å². The van der Waals surface area contributed by atoms with Crippen LogP contribution in [0, 0.1) is 6.92 Å². The number of methoxy groups -OCH3 is 1. The number of H-pyrrole nitrogens is 1. The van der Waals surface area contributed by atoms with Gasteiger partial charge < -0.3 is 15.0 Å². The summed E-state index contributed by atoms with van der Waals surface area (Å²) in [4.78, 5) is 23.7. The van der Waals surface area contributed by atoms with E-state index >= 15 is 0 Å². The zero-order valence-corrected chi connectivity index (χ0v) is 15.8. The van der Waals surface area contributed by atoms with Crippen LogP contribution in [0.5, 0.6) is 0 Å². The lowest BCUT2D eigenvalue weighted by atomic mass is 10.1. The fourth-order valence-electron chi connectivity index (χ4n) is 2.85. The van der Waals surface area contributed by atoms with Gasteiger partial charge >= 0.3 is 6.18 Å². The van der Waals surface area contributed by atoms with Gasteiger partial charge in [0.05, 0.1) is 16.8 Å². The van der Waals surface area contributed by atoms with Gasteiger partial charge in [-0.3, -0.25) is 4.79 Å².